The first-order valence-electron chi connectivity index (χ1n) is 8.69. The number of thioether (sulfide) groups is 1. The van der Waals surface area contributed by atoms with Gasteiger partial charge in [-0.05, 0) is 54.5 Å². The highest BCUT2D eigenvalue weighted by atomic mass is 35.5. The van der Waals surface area contributed by atoms with Crippen molar-refractivity contribution in [3.63, 3.8) is 0 Å². The Morgan fingerprint density at radius 3 is 2.75 bits per heavy atom. The molecular weight excluding hydrogens is 421 g/mol. The summed E-state index contributed by atoms with van der Waals surface area (Å²) in [5.74, 6) is 0.889. The molecule has 0 unspecified atom stereocenters. The topological polar surface area (TPSA) is 49.8 Å². The number of ether oxygens (including phenoxy) is 1. The molecule has 28 heavy (non-hydrogen) atoms. The van der Waals surface area contributed by atoms with E-state index in [0.717, 1.165) is 38.4 Å². The maximum atomic E-state index is 13.0. The maximum absolute atomic E-state index is 13.0. The van der Waals surface area contributed by atoms with Gasteiger partial charge in [-0.15, -0.1) is 23.1 Å². The summed E-state index contributed by atoms with van der Waals surface area (Å²) in [6, 6.07) is 10.3. The van der Waals surface area contributed by atoms with Crippen LogP contribution in [0.1, 0.15) is 16.9 Å². The van der Waals surface area contributed by atoms with Crippen molar-refractivity contribution in [2.75, 3.05) is 12.3 Å². The average Bonchev–Trinajstić information content (AvgIpc) is 3.06. The summed E-state index contributed by atoms with van der Waals surface area (Å²) >= 11 is 9.10. The summed E-state index contributed by atoms with van der Waals surface area (Å²) in [6.45, 7) is 1.30. The van der Waals surface area contributed by atoms with Crippen molar-refractivity contribution in [2.45, 2.75) is 19.4 Å². The number of halogens is 2. The number of rotatable bonds is 8. The van der Waals surface area contributed by atoms with Crippen molar-refractivity contribution in [3.05, 3.63) is 79.9 Å². The van der Waals surface area contributed by atoms with Gasteiger partial charge < -0.3 is 14.7 Å². The number of thiophene rings is 1. The predicted molar refractivity (Wildman–Crippen MR) is 112 cm³/mol. The normalized spacial score (nSPS) is 13.9. The molecule has 0 saturated carbocycles. The van der Waals surface area contributed by atoms with E-state index in [4.69, 9.17) is 21.4 Å². The van der Waals surface area contributed by atoms with Crippen LogP contribution < -0.4 is 0 Å². The molecule has 148 valence electrons. The Labute approximate surface area is 176 Å². The second-order valence-electron chi connectivity index (χ2n) is 6.10. The summed E-state index contributed by atoms with van der Waals surface area (Å²) in [4.78, 5) is 14.2. The molecule has 0 bridgehead atoms. The van der Waals surface area contributed by atoms with Crippen LogP contribution in [0.5, 0.6) is 0 Å². The van der Waals surface area contributed by atoms with Crippen LogP contribution in [0.4, 0.5) is 9.18 Å². The van der Waals surface area contributed by atoms with E-state index in [9.17, 15) is 9.18 Å². The van der Waals surface area contributed by atoms with E-state index in [1.54, 1.807) is 30.0 Å². The third kappa shape index (κ3) is 6.02. The summed E-state index contributed by atoms with van der Waals surface area (Å²) < 4.78 is 18.7. The van der Waals surface area contributed by atoms with Crippen molar-refractivity contribution < 1.29 is 19.0 Å². The van der Waals surface area contributed by atoms with Gasteiger partial charge in [0, 0.05) is 11.4 Å². The number of carbonyl (C=O) groups is 1. The summed E-state index contributed by atoms with van der Waals surface area (Å²) in [7, 11) is 0. The Kier molecular flexibility index (Phi) is 7.42. The quantitative estimate of drug-likeness (QED) is 0.395. The number of hydrogen-bond acceptors (Lipinski definition) is 5. The van der Waals surface area contributed by atoms with E-state index in [1.807, 2.05) is 18.2 Å². The van der Waals surface area contributed by atoms with Gasteiger partial charge in [-0.1, -0.05) is 29.8 Å². The molecule has 1 aliphatic heterocycles. The molecule has 0 radical (unpaired) electrons. The van der Waals surface area contributed by atoms with Crippen molar-refractivity contribution >= 4 is 40.9 Å². The van der Waals surface area contributed by atoms with E-state index in [1.165, 1.54) is 23.5 Å². The maximum Gasteiger partial charge on any atom is 0.511 e. The van der Waals surface area contributed by atoms with Crippen LogP contribution in [0, 0.1) is 5.82 Å². The molecule has 2 heterocycles. The Bertz CT molecular complexity index is 880. The Morgan fingerprint density at radius 1 is 1.29 bits per heavy atom. The van der Waals surface area contributed by atoms with Crippen molar-refractivity contribution in [3.8, 4) is 0 Å². The van der Waals surface area contributed by atoms with Crippen LogP contribution in [-0.4, -0.2) is 28.5 Å². The Morgan fingerprint density at radius 2 is 2.07 bits per heavy atom. The first kappa shape index (κ1) is 20.8. The monoisotopic (exact) mass is 439 g/mol. The fraction of sp³-hybridized carbons (Fsp3) is 0.250. The fourth-order valence-electron chi connectivity index (χ4n) is 2.79. The number of benzene rings is 1. The van der Waals surface area contributed by atoms with Gasteiger partial charge in [-0.2, -0.15) is 0 Å². The lowest BCUT2D eigenvalue weighted by molar-refractivity contribution is 0.119. The molecule has 0 spiro atoms. The molecule has 1 aromatic carbocycles. The van der Waals surface area contributed by atoms with E-state index in [2.05, 4.69) is 4.90 Å². The third-order valence-corrected chi connectivity index (χ3v) is 6.47. The van der Waals surface area contributed by atoms with Crippen LogP contribution in [0.2, 0.25) is 4.34 Å². The summed E-state index contributed by atoms with van der Waals surface area (Å²) in [5.41, 5.74) is 1.08. The van der Waals surface area contributed by atoms with Gasteiger partial charge in [0.1, 0.15) is 10.8 Å². The molecule has 8 heteroatoms. The molecule has 0 fully saturated rings. The van der Waals surface area contributed by atoms with Gasteiger partial charge in [0.15, 0.2) is 5.76 Å². The first-order chi connectivity index (χ1) is 13.5. The minimum absolute atomic E-state index is 0.239. The second-order valence-corrected chi connectivity index (χ2v) is 8.99. The van der Waals surface area contributed by atoms with Crippen LogP contribution in [0.15, 0.2) is 59.3 Å². The van der Waals surface area contributed by atoms with Gasteiger partial charge in [-0.3, -0.25) is 0 Å². The Hall–Kier alpha value is -1.96. The first-order valence-corrected chi connectivity index (χ1v) is 10.9. The SMILES string of the molecule is O=C(O)OC1=C(SCCCc2ccc(F)cc2)N(Cc2ccc(Cl)s2)CC=C1. The number of allylic oxidation sites excluding steroid dienone is 1. The highest BCUT2D eigenvalue weighted by Crippen LogP contribution is 2.32. The zero-order valence-electron chi connectivity index (χ0n) is 14.9. The molecule has 1 N–H and O–H groups in total. The second kappa shape index (κ2) is 10.0. The van der Waals surface area contributed by atoms with E-state index < -0.39 is 6.16 Å². The zero-order valence-corrected chi connectivity index (χ0v) is 17.3. The van der Waals surface area contributed by atoms with Gasteiger partial charge >= 0.3 is 6.16 Å². The van der Waals surface area contributed by atoms with Gasteiger partial charge in [0.25, 0.3) is 0 Å². The molecule has 0 aliphatic carbocycles. The smallest absolute Gasteiger partial charge is 0.449 e. The van der Waals surface area contributed by atoms with Gasteiger partial charge in [0.2, 0.25) is 0 Å². The standard InChI is InChI=1S/C20H19ClFNO3S2/c21-18-10-9-16(28-18)13-23-11-1-4-17(26-20(24)25)19(23)27-12-2-3-14-5-7-15(22)8-6-14/h1,4-10H,2-3,11-13H2,(H,24,25). The number of aryl methyl sites for hydroxylation is 1. The van der Waals surface area contributed by atoms with Gasteiger partial charge in [0.05, 0.1) is 10.9 Å². The molecular formula is C20H19ClFNO3S2. The highest BCUT2D eigenvalue weighted by molar-refractivity contribution is 8.03. The Balaban J connectivity index is 1.65. The molecule has 1 aliphatic rings. The average molecular weight is 440 g/mol. The summed E-state index contributed by atoms with van der Waals surface area (Å²) in [5, 5.41) is 9.84. The van der Waals surface area contributed by atoms with Crippen LogP contribution in [0.25, 0.3) is 0 Å². The molecule has 3 rings (SSSR count). The van der Waals surface area contributed by atoms with Crippen molar-refractivity contribution in [2.24, 2.45) is 0 Å². The third-order valence-electron chi connectivity index (χ3n) is 4.03. The molecule has 0 atom stereocenters. The largest absolute Gasteiger partial charge is 0.511 e. The number of hydrogen-bond donors (Lipinski definition) is 1. The lowest BCUT2D eigenvalue weighted by Crippen LogP contribution is -2.25. The highest BCUT2D eigenvalue weighted by Gasteiger charge is 2.21. The number of nitrogens with zero attached hydrogens (tertiary/aromatic N) is 1. The predicted octanol–water partition coefficient (Wildman–Crippen LogP) is 6.14. The molecule has 1 aromatic heterocycles. The fourth-order valence-corrected chi connectivity index (χ4v) is 4.95. The lowest BCUT2D eigenvalue weighted by atomic mass is 10.1. The molecule has 2 aromatic rings. The van der Waals surface area contributed by atoms with Crippen molar-refractivity contribution in [1.82, 2.24) is 4.90 Å². The van der Waals surface area contributed by atoms with Gasteiger partial charge in [-0.25, -0.2) is 9.18 Å². The molecule has 4 nitrogen and oxygen atoms in total. The lowest BCUT2D eigenvalue weighted by Gasteiger charge is -2.29. The van der Waals surface area contributed by atoms with Crippen LogP contribution >= 0.6 is 34.7 Å². The van der Waals surface area contributed by atoms with Crippen molar-refractivity contribution in [1.29, 1.82) is 0 Å². The van der Waals surface area contributed by atoms with Crippen LogP contribution in [0.3, 0.4) is 0 Å². The minimum atomic E-state index is -1.33. The summed E-state index contributed by atoms with van der Waals surface area (Å²) in [6.07, 6.45) is 3.96. The number of carboxylic acid groups (broad SMARTS) is 1. The minimum Gasteiger partial charge on any atom is -0.449 e. The van der Waals surface area contributed by atoms with E-state index in [0.29, 0.717) is 18.8 Å². The molecule has 0 saturated heterocycles. The van der Waals surface area contributed by atoms with E-state index >= 15 is 0 Å². The molecule has 0 amide bonds. The zero-order chi connectivity index (χ0) is 19.9. The van der Waals surface area contributed by atoms with Crippen LogP contribution in [-0.2, 0) is 17.7 Å². The van der Waals surface area contributed by atoms with E-state index in [-0.39, 0.29) is 5.82 Å².